The third-order valence-electron chi connectivity index (χ3n) is 22.3. The molecule has 0 spiro atoms. The highest BCUT2D eigenvalue weighted by molar-refractivity contribution is 6.22. The molecule has 0 aliphatic heterocycles. The molecule has 0 atom stereocenters. The van der Waals surface area contributed by atoms with Crippen LogP contribution in [0.1, 0.15) is 0 Å². The number of aromatic nitrogens is 6. The van der Waals surface area contributed by atoms with E-state index in [0.717, 1.165) is 138 Å². The lowest BCUT2D eigenvalue weighted by molar-refractivity contribution is 0.668. The molecule has 0 saturated heterocycles. The fraction of sp³-hybridized carbons (Fsp3) is 0. The third kappa shape index (κ3) is 8.70. The smallest absolute Gasteiger partial charge is 0.164 e. The molecular weight excluding hydrogens is 1330 g/mol. The molecule has 6 heterocycles. The van der Waals surface area contributed by atoms with E-state index in [4.69, 9.17) is 47.6 Å². The summed E-state index contributed by atoms with van der Waals surface area (Å²) >= 11 is 0. The van der Waals surface area contributed by atoms with Gasteiger partial charge in [-0.25, -0.2) is 29.9 Å². The quantitative estimate of drug-likeness (QED) is 0.138. The number of para-hydroxylation sites is 1. The average Bonchev–Trinajstić information content (AvgIpc) is 1.56. The number of rotatable bonds is 9. The maximum Gasteiger partial charge on any atom is 0.164 e. The Bertz CT molecular complexity index is 7690. The highest BCUT2D eigenvalue weighted by atomic mass is 16.3. The second kappa shape index (κ2) is 22.4. The van der Waals surface area contributed by atoms with Crippen molar-refractivity contribution in [2.24, 2.45) is 0 Å². The van der Waals surface area contributed by atoms with Gasteiger partial charge in [0.15, 0.2) is 34.9 Å². The molecule has 0 bridgehead atoms. The Balaban J connectivity index is 0.674. The molecule has 2 aliphatic rings. The summed E-state index contributed by atoms with van der Waals surface area (Å²) in [5.74, 6) is 3.10. The normalized spacial score (nSPS) is 12.3. The van der Waals surface area contributed by atoms with Crippen molar-refractivity contribution in [3.8, 4) is 146 Å². The fourth-order valence-corrected chi connectivity index (χ4v) is 17.5. The first-order valence-corrected chi connectivity index (χ1v) is 36.3. The molecule has 108 heavy (non-hydrogen) atoms. The van der Waals surface area contributed by atoms with Crippen LogP contribution in [0.4, 0.5) is 0 Å². The standard InChI is InChI=1S/C98H52N6O4/c1-3-17-55(18-4-1)93-99-95(60-42-46-79-74(49-60)64-25-7-8-36-78(64)105-79)103-98(102-93)77-50-61(52-85-92(77)76-48-59(41-45-81(76)107-85)63-27-14-31-68-66-29-10-22-54-24-12-33-71(87(54)66)89(63)68)57-39-43-69-84(51-57)108-82-37-15-34-72(90(69)82)96-100-94(56-19-5-2-6-20-56)101-97(104-96)73-35-16-38-83-91(73)75-47-58(40-44-80(75)106-83)62-26-13-30-67-65-28-9-21-53-23-11-32-70(86(53)65)88(62)67/h1-52H. The molecule has 10 heteroatoms. The van der Waals surface area contributed by atoms with E-state index in [0.29, 0.717) is 51.7 Å². The predicted octanol–water partition coefficient (Wildman–Crippen LogP) is 26.3. The Kier molecular flexibility index (Phi) is 12.2. The van der Waals surface area contributed by atoms with Crippen LogP contribution in [0.5, 0.6) is 0 Å². The van der Waals surface area contributed by atoms with E-state index < -0.39 is 0 Å². The van der Waals surface area contributed by atoms with Gasteiger partial charge in [0.25, 0.3) is 0 Å². The summed E-state index contributed by atoms with van der Waals surface area (Å²) in [5, 5.41) is 12.5. The zero-order valence-corrected chi connectivity index (χ0v) is 57.3. The first-order chi connectivity index (χ1) is 53.5. The van der Waals surface area contributed by atoms with E-state index in [2.05, 4.69) is 200 Å². The van der Waals surface area contributed by atoms with Gasteiger partial charge in [0, 0.05) is 76.5 Å². The van der Waals surface area contributed by atoms with Crippen molar-refractivity contribution in [3.63, 3.8) is 0 Å². The van der Waals surface area contributed by atoms with Crippen molar-refractivity contribution in [1.82, 2.24) is 29.9 Å². The van der Waals surface area contributed by atoms with Gasteiger partial charge in [0.1, 0.15) is 44.7 Å². The molecule has 0 amide bonds. The number of nitrogens with zero attached hydrogens (tertiary/aromatic N) is 6. The number of hydrogen-bond donors (Lipinski definition) is 0. The number of fused-ring (bicyclic) bond motifs is 18. The van der Waals surface area contributed by atoms with Gasteiger partial charge in [0.05, 0.1) is 0 Å². The Morgan fingerprint density at radius 2 is 0.537 bits per heavy atom. The number of benzene rings is 16. The van der Waals surface area contributed by atoms with Gasteiger partial charge < -0.3 is 17.7 Å². The SMILES string of the molecule is c1ccc(-c2nc(-c3ccc4oc5ccccc5c4c3)nc(-c3cc(-c4ccc5c(c4)oc4cccc(-c6nc(-c7ccccc7)nc(-c7cccc8oc9ccc(-c%10cccc%11c%10-c%10cccc%12cccc-%11c%10%12)cc9c78)n6)c45)cc4oc5ccc(-c6cccc7c6-c6cccc8cccc-7c68)cc5c34)n2)cc1. The van der Waals surface area contributed by atoms with E-state index in [9.17, 15) is 0 Å². The summed E-state index contributed by atoms with van der Waals surface area (Å²) in [5.41, 5.74) is 27.0. The summed E-state index contributed by atoms with van der Waals surface area (Å²) in [4.78, 5) is 32.4. The average molecular weight is 1380 g/mol. The van der Waals surface area contributed by atoms with E-state index in [1.165, 1.54) is 66.1 Å². The number of furan rings is 4. The molecule has 498 valence electrons. The molecule has 22 aromatic rings. The monoisotopic (exact) mass is 1380 g/mol. The molecule has 6 aromatic heterocycles. The largest absolute Gasteiger partial charge is 0.456 e. The van der Waals surface area contributed by atoms with Crippen LogP contribution in [-0.4, -0.2) is 29.9 Å². The molecule has 0 N–H and O–H groups in total. The van der Waals surface area contributed by atoms with Crippen molar-refractivity contribution in [1.29, 1.82) is 0 Å². The zero-order valence-electron chi connectivity index (χ0n) is 57.3. The summed E-state index contributed by atoms with van der Waals surface area (Å²) in [6, 6.07) is 110. The van der Waals surface area contributed by atoms with Gasteiger partial charge in [-0.2, -0.15) is 0 Å². The molecule has 0 fully saturated rings. The van der Waals surface area contributed by atoms with E-state index in [-0.39, 0.29) is 0 Å². The van der Waals surface area contributed by atoms with Crippen LogP contribution in [0.2, 0.25) is 0 Å². The molecular formula is C98H52N6O4. The van der Waals surface area contributed by atoms with Gasteiger partial charge in [0.2, 0.25) is 0 Å². The maximum atomic E-state index is 7.12. The Morgan fingerprint density at radius 3 is 1.14 bits per heavy atom. The van der Waals surface area contributed by atoms with Crippen molar-refractivity contribution in [2.45, 2.75) is 0 Å². The van der Waals surface area contributed by atoms with Crippen LogP contribution in [0.25, 0.3) is 256 Å². The van der Waals surface area contributed by atoms with E-state index >= 15 is 0 Å². The topological polar surface area (TPSA) is 130 Å². The van der Waals surface area contributed by atoms with Crippen LogP contribution in [0, 0.1) is 0 Å². The second-order valence-electron chi connectivity index (χ2n) is 28.2. The molecule has 24 rings (SSSR count). The van der Waals surface area contributed by atoms with Gasteiger partial charge in [-0.15, -0.1) is 0 Å². The van der Waals surface area contributed by atoms with Crippen molar-refractivity contribution in [3.05, 3.63) is 315 Å². The zero-order chi connectivity index (χ0) is 70.4. The lowest BCUT2D eigenvalue weighted by atomic mass is 9.92. The van der Waals surface area contributed by atoms with Gasteiger partial charge in [-0.05, 0) is 184 Å². The molecule has 2 aliphatic carbocycles. The van der Waals surface area contributed by atoms with E-state index in [1.807, 2.05) is 115 Å². The summed E-state index contributed by atoms with van der Waals surface area (Å²) < 4.78 is 27.2. The molecule has 0 unspecified atom stereocenters. The molecule has 10 nitrogen and oxygen atoms in total. The maximum absolute atomic E-state index is 7.12. The Hall–Kier alpha value is -14.7. The minimum atomic E-state index is 0.488. The summed E-state index contributed by atoms with van der Waals surface area (Å²) in [7, 11) is 0. The van der Waals surface area contributed by atoms with E-state index in [1.54, 1.807) is 0 Å². The van der Waals surface area contributed by atoms with Gasteiger partial charge in [-0.3, -0.25) is 0 Å². The first kappa shape index (κ1) is 58.7. The van der Waals surface area contributed by atoms with Crippen LogP contribution >= 0.6 is 0 Å². The molecule has 16 aromatic carbocycles. The number of hydrogen-bond acceptors (Lipinski definition) is 10. The third-order valence-corrected chi connectivity index (χ3v) is 22.3. The molecule has 0 radical (unpaired) electrons. The van der Waals surface area contributed by atoms with Crippen LogP contribution in [0.3, 0.4) is 0 Å². The van der Waals surface area contributed by atoms with Crippen molar-refractivity contribution in [2.75, 3.05) is 0 Å². The van der Waals surface area contributed by atoms with Gasteiger partial charge in [-0.1, -0.05) is 231 Å². The van der Waals surface area contributed by atoms with Crippen LogP contribution < -0.4 is 0 Å². The minimum absolute atomic E-state index is 0.488. The van der Waals surface area contributed by atoms with Crippen molar-refractivity contribution < 1.29 is 17.7 Å². The highest BCUT2D eigenvalue weighted by Crippen LogP contribution is 2.54. The van der Waals surface area contributed by atoms with Crippen LogP contribution in [0.15, 0.2) is 333 Å². The predicted molar refractivity (Wildman–Crippen MR) is 435 cm³/mol. The molecule has 0 saturated carbocycles. The second-order valence-corrected chi connectivity index (χ2v) is 28.2. The lowest BCUT2D eigenvalue weighted by Crippen LogP contribution is -2.00. The highest BCUT2D eigenvalue weighted by Gasteiger charge is 2.30. The Morgan fingerprint density at radius 1 is 0.157 bits per heavy atom. The Labute approximate surface area is 614 Å². The minimum Gasteiger partial charge on any atom is -0.456 e. The van der Waals surface area contributed by atoms with Crippen molar-refractivity contribution >= 4 is 109 Å². The fourth-order valence-electron chi connectivity index (χ4n) is 17.5. The van der Waals surface area contributed by atoms with Gasteiger partial charge >= 0.3 is 0 Å². The summed E-state index contributed by atoms with van der Waals surface area (Å²) in [6.45, 7) is 0. The first-order valence-electron chi connectivity index (χ1n) is 36.3. The summed E-state index contributed by atoms with van der Waals surface area (Å²) in [6.07, 6.45) is 0. The lowest BCUT2D eigenvalue weighted by Gasteiger charge is -2.12. The van der Waals surface area contributed by atoms with Crippen LogP contribution in [-0.2, 0) is 0 Å².